The van der Waals surface area contributed by atoms with E-state index in [0.29, 0.717) is 6.04 Å². The number of anilines is 1. The number of benzene rings is 1. The summed E-state index contributed by atoms with van der Waals surface area (Å²) in [5.74, 6) is 0.965. The van der Waals surface area contributed by atoms with Crippen LogP contribution in [0, 0.1) is 0 Å². The van der Waals surface area contributed by atoms with Crippen LogP contribution in [0.1, 0.15) is 26.3 Å². The van der Waals surface area contributed by atoms with Crippen molar-refractivity contribution < 1.29 is 4.74 Å². The van der Waals surface area contributed by atoms with Crippen molar-refractivity contribution in [3.63, 3.8) is 0 Å². The Labute approximate surface area is 110 Å². The molecule has 0 fully saturated rings. The highest BCUT2D eigenvalue weighted by Crippen LogP contribution is 2.33. The van der Waals surface area contributed by atoms with Crippen LogP contribution < -0.4 is 10.1 Å². The third-order valence-electron chi connectivity index (χ3n) is 3.55. The summed E-state index contributed by atoms with van der Waals surface area (Å²) < 4.78 is 5.95. The Morgan fingerprint density at radius 3 is 2.78 bits per heavy atom. The van der Waals surface area contributed by atoms with Gasteiger partial charge < -0.3 is 15.0 Å². The summed E-state index contributed by atoms with van der Waals surface area (Å²) in [6.07, 6.45) is 1.06. The minimum Gasteiger partial charge on any atom is -0.484 e. The monoisotopic (exact) mass is 248 g/mol. The van der Waals surface area contributed by atoms with Gasteiger partial charge >= 0.3 is 0 Å². The first-order chi connectivity index (χ1) is 8.37. The van der Waals surface area contributed by atoms with E-state index in [1.165, 1.54) is 5.56 Å². The first kappa shape index (κ1) is 13.2. The molecule has 1 atom stereocenters. The van der Waals surface area contributed by atoms with Crippen molar-refractivity contribution in [2.75, 3.05) is 26.0 Å². The molecule has 0 aliphatic carbocycles. The topological polar surface area (TPSA) is 24.5 Å². The first-order valence-electron chi connectivity index (χ1n) is 6.60. The average Bonchev–Trinajstić information content (AvgIpc) is 2.28. The molecule has 1 aromatic rings. The van der Waals surface area contributed by atoms with Gasteiger partial charge in [-0.15, -0.1) is 0 Å². The lowest BCUT2D eigenvalue weighted by Crippen LogP contribution is -2.40. The van der Waals surface area contributed by atoms with Gasteiger partial charge in [-0.25, -0.2) is 0 Å². The SMILES string of the molecule is CC(Cc1ccc2c(c1)NCC(C)(C)O2)N(C)C. The summed E-state index contributed by atoms with van der Waals surface area (Å²) in [5, 5.41) is 3.46. The van der Waals surface area contributed by atoms with E-state index in [4.69, 9.17) is 4.74 Å². The number of hydrogen-bond acceptors (Lipinski definition) is 3. The number of fused-ring (bicyclic) bond motifs is 1. The van der Waals surface area contributed by atoms with Gasteiger partial charge in [-0.2, -0.15) is 0 Å². The average molecular weight is 248 g/mol. The molecular formula is C15H24N2O. The van der Waals surface area contributed by atoms with Crippen LogP contribution in [0.15, 0.2) is 18.2 Å². The van der Waals surface area contributed by atoms with Gasteiger partial charge in [0.2, 0.25) is 0 Å². The lowest BCUT2D eigenvalue weighted by Gasteiger charge is -2.33. The van der Waals surface area contributed by atoms with Gasteiger partial charge in [0.25, 0.3) is 0 Å². The highest BCUT2D eigenvalue weighted by molar-refractivity contribution is 5.60. The first-order valence-corrected chi connectivity index (χ1v) is 6.60. The van der Waals surface area contributed by atoms with E-state index in [2.05, 4.69) is 63.3 Å². The fourth-order valence-electron chi connectivity index (χ4n) is 2.10. The largest absolute Gasteiger partial charge is 0.484 e. The normalized spacial score (nSPS) is 18.8. The molecule has 0 bridgehead atoms. The smallest absolute Gasteiger partial charge is 0.143 e. The Morgan fingerprint density at radius 1 is 1.39 bits per heavy atom. The third-order valence-corrected chi connectivity index (χ3v) is 3.55. The molecule has 0 spiro atoms. The summed E-state index contributed by atoms with van der Waals surface area (Å²) in [7, 11) is 4.24. The second-order valence-electron chi connectivity index (χ2n) is 6.06. The number of nitrogens with zero attached hydrogens (tertiary/aromatic N) is 1. The molecule has 1 aliphatic heterocycles. The highest BCUT2D eigenvalue weighted by atomic mass is 16.5. The van der Waals surface area contributed by atoms with Gasteiger partial charge in [-0.1, -0.05) is 6.07 Å². The molecule has 0 saturated carbocycles. The second kappa shape index (κ2) is 4.81. The fourth-order valence-corrected chi connectivity index (χ4v) is 2.10. The van der Waals surface area contributed by atoms with Crippen LogP contribution in [-0.4, -0.2) is 37.2 Å². The van der Waals surface area contributed by atoms with Crippen LogP contribution in [0.2, 0.25) is 0 Å². The van der Waals surface area contributed by atoms with Crippen molar-refractivity contribution >= 4 is 5.69 Å². The molecule has 0 amide bonds. The van der Waals surface area contributed by atoms with Gasteiger partial charge in [-0.3, -0.25) is 0 Å². The van der Waals surface area contributed by atoms with E-state index in [0.717, 1.165) is 24.4 Å². The molecule has 1 heterocycles. The van der Waals surface area contributed by atoms with Crippen molar-refractivity contribution in [1.82, 2.24) is 4.90 Å². The number of ether oxygens (including phenoxy) is 1. The predicted molar refractivity (Wildman–Crippen MR) is 76.5 cm³/mol. The molecular weight excluding hydrogens is 224 g/mol. The fraction of sp³-hybridized carbons (Fsp3) is 0.600. The van der Waals surface area contributed by atoms with Crippen LogP contribution in [0.5, 0.6) is 5.75 Å². The molecule has 100 valence electrons. The van der Waals surface area contributed by atoms with E-state index in [1.807, 2.05) is 0 Å². The summed E-state index contributed by atoms with van der Waals surface area (Å²) in [6, 6.07) is 7.01. The number of hydrogen-bond donors (Lipinski definition) is 1. The molecule has 1 N–H and O–H groups in total. The molecule has 3 nitrogen and oxygen atoms in total. The van der Waals surface area contributed by atoms with Crippen molar-refractivity contribution in [1.29, 1.82) is 0 Å². The molecule has 0 radical (unpaired) electrons. The number of nitrogens with one attached hydrogen (secondary N) is 1. The minimum atomic E-state index is -0.120. The molecule has 0 aromatic heterocycles. The summed E-state index contributed by atoms with van der Waals surface area (Å²) in [4.78, 5) is 2.24. The Morgan fingerprint density at radius 2 is 2.11 bits per heavy atom. The van der Waals surface area contributed by atoms with Crippen molar-refractivity contribution in [2.24, 2.45) is 0 Å². The molecule has 18 heavy (non-hydrogen) atoms. The Hall–Kier alpha value is -1.22. The summed E-state index contributed by atoms with van der Waals surface area (Å²) in [5.41, 5.74) is 2.36. The van der Waals surface area contributed by atoms with Crippen LogP contribution in [0.25, 0.3) is 0 Å². The van der Waals surface area contributed by atoms with Gasteiger partial charge in [-0.05, 0) is 59.0 Å². The van der Waals surface area contributed by atoms with E-state index < -0.39 is 0 Å². The molecule has 1 aliphatic rings. The molecule has 1 aromatic carbocycles. The van der Waals surface area contributed by atoms with Crippen molar-refractivity contribution in [2.45, 2.75) is 38.8 Å². The third kappa shape index (κ3) is 2.96. The van der Waals surface area contributed by atoms with Gasteiger partial charge in [0.05, 0.1) is 12.2 Å². The zero-order chi connectivity index (χ0) is 13.3. The van der Waals surface area contributed by atoms with E-state index in [1.54, 1.807) is 0 Å². The maximum Gasteiger partial charge on any atom is 0.143 e. The van der Waals surface area contributed by atoms with Crippen LogP contribution in [0.4, 0.5) is 5.69 Å². The van der Waals surface area contributed by atoms with Gasteiger partial charge in [0, 0.05) is 6.04 Å². The standard InChI is InChI=1S/C15H24N2O/c1-11(17(4)5)8-12-6-7-14-13(9-12)16-10-15(2,3)18-14/h6-7,9,11,16H,8,10H2,1-5H3. The van der Waals surface area contributed by atoms with Crippen molar-refractivity contribution in [3.05, 3.63) is 23.8 Å². The molecule has 1 unspecified atom stereocenters. The van der Waals surface area contributed by atoms with Crippen LogP contribution >= 0.6 is 0 Å². The Balaban J connectivity index is 2.14. The zero-order valence-electron chi connectivity index (χ0n) is 12.1. The highest BCUT2D eigenvalue weighted by Gasteiger charge is 2.26. The lowest BCUT2D eigenvalue weighted by atomic mass is 10.0. The molecule has 3 heteroatoms. The van der Waals surface area contributed by atoms with Gasteiger partial charge in [0.1, 0.15) is 11.4 Å². The Kier molecular flexibility index (Phi) is 3.53. The molecule has 0 saturated heterocycles. The van der Waals surface area contributed by atoms with E-state index in [9.17, 15) is 0 Å². The summed E-state index contributed by atoms with van der Waals surface area (Å²) >= 11 is 0. The Bertz CT molecular complexity index is 427. The zero-order valence-corrected chi connectivity index (χ0v) is 12.1. The molecule has 2 rings (SSSR count). The maximum absolute atomic E-state index is 5.95. The van der Waals surface area contributed by atoms with Gasteiger partial charge in [0.15, 0.2) is 0 Å². The maximum atomic E-state index is 5.95. The van der Waals surface area contributed by atoms with E-state index >= 15 is 0 Å². The number of rotatable bonds is 3. The lowest BCUT2D eigenvalue weighted by molar-refractivity contribution is 0.116. The quantitative estimate of drug-likeness (QED) is 0.890. The van der Waals surface area contributed by atoms with Crippen molar-refractivity contribution in [3.8, 4) is 5.75 Å². The van der Waals surface area contributed by atoms with Crippen LogP contribution in [-0.2, 0) is 6.42 Å². The minimum absolute atomic E-state index is 0.120. The predicted octanol–water partition coefficient (Wildman–Crippen LogP) is 2.76. The van der Waals surface area contributed by atoms with E-state index in [-0.39, 0.29) is 5.60 Å². The summed E-state index contributed by atoms with van der Waals surface area (Å²) in [6.45, 7) is 7.30. The van der Waals surface area contributed by atoms with Crippen LogP contribution in [0.3, 0.4) is 0 Å². The second-order valence-corrected chi connectivity index (χ2v) is 6.06. The number of likely N-dealkylation sites (N-methyl/N-ethyl adjacent to an activating group) is 1.